The maximum atomic E-state index is 5.64. The van der Waals surface area contributed by atoms with Crippen molar-refractivity contribution >= 4 is 0 Å². The van der Waals surface area contributed by atoms with Crippen molar-refractivity contribution in [1.82, 2.24) is 5.32 Å². The molecule has 1 N–H and O–H groups in total. The lowest BCUT2D eigenvalue weighted by molar-refractivity contribution is 0.116. The van der Waals surface area contributed by atoms with Crippen LogP contribution in [0.2, 0.25) is 0 Å². The molecule has 0 aromatic heterocycles. The van der Waals surface area contributed by atoms with Gasteiger partial charge in [0.15, 0.2) is 11.5 Å². The highest BCUT2D eigenvalue weighted by Gasteiger charge is 2.15. The lowest BCUT2D eigenvalue weighted by atomic mass is 10.1. The zero-order valence-electron chi connectivity index (χ0n) is 10.4. The van der Waals surface area contributed by atoms with Crippen LogP contribution in [-0.4, -0.2) is 33.0 Å². The molecule has 1 heterocycles. The number of nitrogens with one attached hydrogen (secondary N) is 1. The fourth-order valence-corrected chi connectivity index (χ4v) is 1.77. The van der Waals surface area contributed by atoms with Crippen molar-refractivity contribution in [2.75, 3.05) is 26.9 Å². The van der Waals surface area contributed by atoms with E-state index in [9.17, 15) is 0 Å². The van der Waals surface area contributed by atoms with Crippen molar-refractivity contribution in [3.63, 3.8) is 0 Å². The molecule has 0 aliphatic carbocycles. The number of methoxy groups -OCH3 is 1. The van der Waals surface area contributed by atoms with E-state index in [4.69, 9.17) is 14.2 Å². The van der Waals surface area contributed by atoms with Crippen LogP contribution >= 0.6 is 0 Å². The second kappa shape index (κ2) is 5.89. The van der Waals surface area contributed by atoms with Crippen molar-refractivity contribution in [2.24, 2.45) is 0 Å². The van der Waals surface area contributed by atoms with Gasteiger partial charge >= 0.3 is 0 Å². The summed E-state index contributed by atoms with van der Waals surface area (Å²) < 4.78 is 16.4. The Morgan fingerprint density at radius 2 is 2.18 bits per heavy atom. The molecule has 1 aliphatic rings. The third-order valence-electron chi connectivity index (χ3n) is 2.80. The van der Waals surface area contributed by atoms with Gasteiger partial charge in [-0.2, -0.15) is 0 Å². The van der Waals surface area contributed by atoms with Crippen LogP contribution in [0, 0.1) is 0 Å². The van der Waals surface area contributed by atoms with Crippen LogP contribution in [0.3, 0.4) is 0 Å². The van der Waals surface area contributed by atoms with E-state index < -0.39 is 0 Å². The van der Waals surface area contributed by atoms with Crippen LogP contribution in [0.5, 0.6) is 11.5 Å². The molecule has 0 radical (unpaired) electrons. The van der Waals surface area contributed by atoms with Crippen molar-refractivity contribution in [1.29, 1.82) is 0 Å². The number of para-hydroxylation sites is 1. The maximum absolute atomic E-state index is 5.64. The Hall–Kier alpha value is -1.26. The second-order valence-electron chi connectivity index (χ2n) is 4.12. The summed E-state index contributed by atoms with van der Waals surface area (Å²) in [6.07, 6.45) is 0.215. The molecule has 0 saturated carbocycles. The van der Waals surface area contributed by atoms with Crippen LogP contribution in [0.25, 0.3) is 0 Å². The van der Waals surface area contributed by atoms with Crippen LogP contribution in [0.4, 0.5) is 0 Å². The van der Waals surface area contributed by atoms with Gasteiger partial charge in [-0.25, -0.2) is 0 Å². The molecule has 0 fully saturated rings. The number of hydrogen-bond acceptors (Lipinski definition) is 4. The van der Waals surface area contributed by atoms with Gasteiger partial charge in [0, 0.05) is 25.8 Å². The van der Waals surface area contributed by atoms with E-state index in [-0.39, 0.29) is 6.10 Å². The Balaban J connectivity index is 1.96. The van der Waals surface area contributed by atoms with Gasteiger partial charge in [0.1, 0.15) is 13.2 Å². The summed E-state index contributed by atoms with van der Waals surface area (Å²) in [5.74, 6) is 1.71. The number of rotatable bonds is 5. The normalized spacial score (nSPS) is 15.6. The molecule has 94 valence electrons. The third-order valence-corrected chi connectivity index (χ3v) is 2.80. The van der Waals surface area contributed by atoms with Crippen molar-refractivity contribution in [3.05, 3.63) is 23.8 Å². The topological polar surface area (TPSA) is 39.7 Å². The molecule has 1 aliphatic heterocycles. The molecule has 1 aromatic carbocycles. The first-order chi connectivity index (χ1) is 8.31. The molecular formula is C13H19NO3. The zero-order valence-corrected chi connectivity index (χ0v) is 10.4. The lowest BCUT2D eigenvalue weighted by Crippen LogP contribution is -2.26. The van der Waals surface area contributed by atoms with Crippen LogP contribution in [0.15, 0.2) is 18.2 Å². The molecular weight excluding hydrogens is 218 g/mol. The van der Waals surface area contributed by atoms with Gasteiger partial charge < -0.3 is 19.5 Å². The fraction of sp³-hybridized carbons (Fsp3) is 0.538. The highest BCUT2D eigenvalue weighted by Crippen LogP contribution is 2.33. The van der Waals surface area contributed by atoms with Gasteiger partial charge in [-0.3, -0.25) is 0 Å². The van der Waals surface area contributed by atoms with E-state index in [0.29, 0.717) is 13.2 Å². The summed E-state index contributed by atoms with van der Waals surface area (Å²) in [5, 5.41) is 3.34. The standard InChI is InChI=1S/C13H19NO3/c1-10(15-2)8-14-9-11-4-3-5-12-13(11)17-7-6-16-12/h3-5,10,14H,6-9H2,1-2H3. The van der Waals surface area contributed by atoms with E-state index in [2.05, 4.69) is 11.4 Å². The Morgan fingerprint density at radius 1 is 1.35 bits per heavy atom. The predicted octanol–water partition coefficient (Wildman–Crippen LogP) is 1.58. The van der Waals surface area contributed by atoms with Crippen LogP contribution < -0.4 is 14.8 Å². The summed E-state index contributed by atoms with van der Waals surface area (Å²) in [4.78, 5) is 0. The largest absolute Gasteiger partial charge is 0.486 e. The van der Waals surface area contributed by atoms with Crippen LogP contribution in [0.1, 0.15) is 12.5 Å². The SMILES string of the molecule is COC(C)CNCc1cccc2c1OCCO2. The van der Waals surface area contributed by atoms with Crippen molar-refractivity contribution in [2.45, 2.75) is 19.6 Å². The summed E-state index contributed by atoms with van der Waals surface area (Å²) in [6, 6.07) is 5.98. The molecule has 0 bridgehead atoms. The molecule has 1 atom stereocenters. The first-order valence-electron chi connectivity index (χ1n) is 5.92. The summed E-state index contributed by atoms with van der Waals surface area (Å²) in [7, 11) is 1.72. The fourth-order valence-electron chi connectivity index (χ4n) is 1.77. The summed E-state index contributed by atoms with van der Waals surface area (Å²) in [5.41, 5.74) is 1.13. The van der Waals surface area contributed by atoms with E-state index in [1.54, 1.807) is 7.11 Å². The number of fused-ring (bicyclic) bond motifs is 1. The van der Waals surface area contributed by atoms with E-state index >= 15 is 0 Å². The number of ether oxygens (including phenoxy) is 3. The van der Waals surface area contributed by atoms with Crippen LogP contribution in [-0.2, 0) is 11.3 Å². The zero-order chi connectivity index (χ0) is 12.1. The molecule has 0 saturated heterocycles. The average Bonchev–Trinajstić information content (AvgIpc) is 2.39. The molecule has 1 unspecified atom stereocenters. The van der Waals surface area contributed by atoms with Crippen molar-refractivity contribution in [3.8, 4) is 11.5 Å². The van der Waals surface area contributed by atoms with Gasteiger partial charge in [0.25, 0.3) is 0 Å². The monoisotopic (exact) mass is 237 g/mol. The van der Waals surface area contributed by atoms with Gasteiger partial charge in [-0.05, 0) is 13.0 Å². The quantitative estimate of drug-likeness (QED) is 0.844. The smallest absolute Gasteiger partial charge is 0.165 e. The van der Waals surface area contributed by atoms with E-state index in [1.165, 1.54) is 0 Å². The Kier molecular flexibility index (Phi) is 4.23. The van der Waals surface area contributed by atoms with Gasteiger partial charge in [0.05, 0.1) is 6.10 Å². The molecule has 0 amide bonds. The highest BCUT2D eigenvalue weighted by atomic mass is 16.6. The molecule has 4 nitrogen and oxygen atoms in total. The molecule has 1 aromatic rings. The Bertz CT molecular complexity index is 368. The third kappa shape index (κ3) is 3.11. The first-order valence-corrected chi connectivity index (χ1v) is 5.92. The molecule has 0 spiro atoms. The maximum Gasteiger partial charge on any atom is 0.165 e. The molecule has 2 rings (SSSR count). The Labute approximate surface area is 102 Å². The predicted molar refractivity (Wildman–Crippen MR) is 65.6 cm³/mol. The van der Waals surface area contributed by atoms with Gasteiger partial charge in [0.2, 0.25) is 0 Å². The minimum Gasteiger partial charge on any atom is -0.486 e. The van der Waals surface area contributed by atoms with E-state index in [0.717, 1.165) is 30.2 Å². The molecule has 17 heavy (non-hydrogen) atoms. The van der Waals surface area contributed by atoms with Gasteiger partial charge in [-0.15, -0.1) is 0 Å². The second-order valence-corrected chi connectivity index (χ2v) is 4.12. The highest BCUT2D eigenvalue weighted by molar-refractivity contribution is 5.47. The Morgan fingerprint density at radius 3 is 3.00 bits per heavy atom. The van der Waals surface area contributed by atoms with Crippen molar-refractivity contribution < 1.29 is 14.2 Å². The minimum absolute atomic E-state index is 0.215. The summed E-state index contributed by atoms with van der Waals surface area (Å²) >= 11 is 0. The van der Waals surface area contributed by atoms with E-state index in [1.807, 2.05) is 19.1 Å². The average molecular weight is 237 g/mol. The number of hydrogen-bond donors (Lipinski definition) is 1. The van der Waals surface area contributed by atoms with Gasteiger partial charge in [-0.1, -0.05) is 12.1 Å². The lowest BCUT2D eigenvalue weighted by Gasteiger charge is -2.21. The molecule has 4 heteroatoms. The first kappa shape index (κ1) is 12.2. The number of benzene rings is 1. The summed E-state index contributed by atoms with van der Waals surface area (Å²) in [6.45, 7) is 4.87. The minimum atomic E-state index is 0.215.